The number of fused-ring (bicyclic) bond motifs is 1. The summed E-state index contributed by atoms with van der Waals surface area (Å²) in [7, 11) is 0. The summed E-state index contributed by atoms with van der Waals surface area (Å²) in [6, 6.07) is 10.2. The number of pyridine rings is 1. The summed E-state index contributed by atoms with van der Waals surface area (Å²) in [4.78, 5) is 4.34. The van der Waals surface area contributed by atoms with Crippen LogP contribution in [0.1, 0.15) is 6.92 Å². The monoisotopic (exact) mass is 172 g/mol. The average molecular weight is 172 g/mol. The molecule has 2 rings (SSSR count). The molecular weight excluding hydrogens is 160 g/mol. The highest BCUT2D eigenvalue weighted by molar-refractivity contribution is 5.90. The smallest absolute Gasteiger partial charge is 0.0933 e. The van der Waals surface area contributed by atoms with E-state index in [-0.39, 0.29) is 0 Å². The Kier molecular flexibility index (Phi) is 2.13. The molecule has 0 aliphatic heterocycles. The van der Waals surface area contributed by atoms with E-state index in [0.29, 0.717) is 0 Å². The van der Waals surface area contributed by atoms with Gasteiger partial charge in [0.05, 0.1) is 11.2 Å². The molecule has 13 heavy (non-hydrogen) atoms. The summed E-state index contributed by atoms with van der Waals surface area (Å²) in [6.07, 6.45) is 1.82. The van der Waals surface area contributed by atoms with Crippen LogP contribution in [-0.2, 0) is 0 Å². The van der Waals surface area contributed by atoms with Gasteiger partial charge in [0.15, 0.2) is 0 Å². The van der Waals surface area contributed by atoms with E-state index in [1.54, 1.807) is 0 Å². The van der Waals surface area contributed by atoms with Gasteiger partial charge < -0.3 is 5.32 Å². The number of hydrogen-bond donors (Lipinski definition) is 1. The van der Waals surface area contributed by atoms with Crippen LogP contribution in [0, 0.1) is 0 Å². The second-order valence-corrected chi connectivity index (χ2v) is 2.91. The molecule has 1 N–H and O–H groups in total. The largest absolute Gasteiger partial charge is 0.384 e. The van der Waals surface area contributed by atoms with Crippen LogP contribution < -0.4 is 5.32 Å². The Hall–Kier alpha value is -1.57. The number of hydrogen-bond acceptors (Lipinski definition) is 2. The van der Waals surface area contributed by atoms with Gasteiger partial charge in [0.25, 0.3) is 0 Å². The fourth-order valence-corrected chi connectivity index (χ4v) is 1.44. The van der Waals surface area contributed by atoms with Crippen LogP contribution in [0.3, 0.4) is 0 Å². The number of nitrogens with one attached hydrogen (secondary N) is 1. The molecule has 0 aliphatic rings. The molecule has 0 radical (unpaired) electrons. The highest BCUT2D eigenvalue weighted by atomic mass is 14.9. The SMILES string of the molecule is CCNc1cccc2cccnc12. The first kappa shape index (κ1) is 8.05. The third-order valence-electron chi connectivity index (χ3n) is 2.00. The van der Waals surface area contributed by atoms with Crippen LogP contribution >= 0.6 is 0 Å². The molecule has 2 aromatic rings. The van der Waals surface area contributed by atoms with E-state index < -0.39 is 0 Å². The van der Waals surface area contributed by atoms with E-state index in [9.17, 15) is 0 Å². The number of para-hydroxylation sites is 1. The lowest BCUT2D eigenvalue weighted by Crippen LogP contribution is -1.97. The van der Waals surface area contributed by atoms with Crippen LogP contribution in [0.25, 0.3) is 10.9 Å². The van der Waals surface area contributed by atoms with Gasteiger partial charge >= 0.3 is 0 Å². The molecule has 2 nitrogen and oxygen atoms in total. The van der Waals surface area contributed by atoms with Crippen molar-refractivity contribution in [2.45, 2.75) is 6.92 Å². The van der Waals surface area contributed by atoms with Crippen LogP contribution in [-0.4, -0.2) is 11.5 Å². The van der Waals surface area contributed by atoms with E-state index >= 15 is 0 Å². The van der Waals surface area contributed by atoms with Crippen molar-refractivity contribution in [3.8, 4) is 0 Å². The predicted octanol–water partition coefficient (Wildman–Crippen LogP) is 2.67. The van der Waals surface area contributed by atoms with Crippen molar-refractivity contribution >= 4 is 16.6 Å². The second-order valence-electron chi connectivity index (χ2n) is 2.91. The van der Waals surface area contributed by atoms with Crippen LogP contribution in [0.4, 0.5) is 5.69 Å². The molecular formula is C11H12N2. The first-order valence-corrected chi connectivity index (χ1v) is 4.49. The third kappa shape index (κ3) is 1.47. The number of rotatable bonds is 2. The summed E-state index contributed by atoms with van der Waals surface area (Å²) in [5.74, 6) is 0. The fourth-order valence-electron chi connectivity index (χ4n) is 1.44. The van der Waals surface area contributed by atoms with E-state index in [1.807, 2.05) is 18.3 Å². The molecule has 66 valence electrons. The highest BCUT2D eigenvalue weighted by Gasteiger charge is 1.98. The van der Waals surface area contributed by atoms with Gasteiger partial charge in [-0.05, 0) is 19.1 Å². The van der Waals surface area contributed by atoms with Crippen molar-refractivity contribution < 1.29 is 0 Å². The molecule has 1 heterocycles. The molecule has 0 amide bonds. The molecule has 2 heteroatoms. The van der Waals surface area contributed by atoms with Crippen molar-refractivity contribution in [1.82, 2.24) is 4.98 Å². The molecule has 0 aliphatic carbocycles. The van der Waals surface area contributed by atoms with E-state index in [1.165, 1.54) is 5.39 Å². The molecule has 1 aromatic carbocycles. The van der Waals surface area contributed by atoms with Crippen molar-refractivity contribution in [2.24, 2.45) is 0 Å². The minimum Gasteiger partial charge on any atom is -0.384 e. The Labute approximate surface area is 77.6 Å². The third-order valence-corrected chi connectivity index (χ3v) is 2.00. The van der Waals surface area contributed by atoms with Crippen molar-refractivity contribution in [3.05, 3.63) is 36.5 Å². The van der Waals surface area contributed by atoms with Crippen molar-refractivity contribution in [3.63, 3.8) is 0 Å². The van der Waals surface area contributed by atoms with Crippen molar-refractivity contribution in [1.29, 1.82) is 0 Å². The van der Waals surface area contributed by atoms with Crippen molar-refractivity contribution in [2.75, 3.05) is 11.9 Å². The quantitative estimate of drug-likeness (QED) is 0.753. The topological polar surface area (TPSA) is 24.9 Å². The van der Waals surface area contributed by atoms with Crippen LogP contribution in [0.15, 0.2) is 36.5 Å². The molecule has 1 aromatic heterocycles. The summed E-state index contributed by atoms with van der Waals surface area (Å²) in [5.41, 5.74) is 2.16. The molecule has 0 saturated carbocycles. The summed E-state index contributed by atoms with van der Waals surface area (Å²) < 4.78 is 0. The summed E-state index contributed by atoms with van der Waals surface area (Å²) in [6.45, 7) is 3.01. The minimum absolute atomic E-state index is 0.926. The standard InChI is InChI=1S/C11H12N2/c1-2-12-10-7-3-5-9-6-4-8-13-11(9)10/h3-8,12H,2H2,1H3. The molecule has 0 saturated heterocycles. The van der Waals surface area contributed by atoms with Crippen LogP contribution in [0.5, 0.6) is 0 Å². The Balaban J connectivity index is 2.61. The number of benzene rings is 1. The Morgan fingerprint density at radius 1 is 1.23 bits per heavy atom. The molecule has 0 bridgehead atoms. The Bertz CT molecular complexity index is 404. The lowest BCUT2D eigenvalue weighted by atomic mass is 10.2. The zero-order valence-corrected chi connectivity index (χ0v) is 7.62. The molecule has 0 fully saturated rings. The van der Waals surface area contributed by atoms with Gasteiger partial charge in [0.1, 0.15) is 0 Å². The van der Waals surface area contributed by atoms with Gasteiger partial charge in [-0.3, -0.25) is 4.98 Å². The van der Waals surface area contributed by atoms with Gasteiger partial charge in [-0.25, -0.2) is 0 Å². The second kappa shape index (κ2) is 3.44. The molecule has 0 spiro atoms. The van der Waals surface area contributed by atoms with Gasteiger partial charge in [0.2, 0.25) is 0 Å². The maximum atomic E-state index is 4.34. The first-order valence-electron chi connectivity index (χ1n) is 4.49. The van der Waals surface area contributed by atoms with Crippen LogP contribution in [0.2, 0.25) is 0 Å². The normalized spacial score (nSPS) is 10.2. The van der Waals surface area contributed by atoms with E-state index in [4.69, 9.17) is 0 Å². The Morgan fingerprint density at radius 2 is 2.08 bits per heavy atom. The van der Waals surface area contributed by atoms with Gasteiger partial charge in [-0.1, -0.05) is 18.2 Å². The molecule has 0 atom stereocenters. The van der Waals surface area contributed by atoms with Gasteiger partial charge in [-0.2, -0.15) is 0 Å². The lowest BCUT2D eigenvalue weighted by Gasteiger charge is -2.05. The minimum atomic E-state index is 0.926. The van der Waals surface area contributed by atoms with E-state index in [2.05, 4.69) is 35.4 Å². The maximum Gasteiger partial charge on any atom is 0.0933 e. The number of nitrogens with zero attached hydrogens (tertiary/aromatic N) is 1. The van der Waals surface area contributed by atoms with Gasteiger partial charge in [0, 0.05) is 18.1 Å². The fraction of sp³-hybridized carbons (Fsp3) is 0.182. The highest BCUT2D eigenvalue weighted by Crippen LogP contribution is 2.19. The Morgan fingerprint density at radius 3 is 2.92 bits per heavy atom. The zero-order chi connectivity index (χ0) is 9.10. The van der Waals surface area contributed by atoms with Gasteiger partial charge in [-0.15, -0.1) is 0 Å². The lowest BCUT2D eigenvalue weighted by molar-refractivity contribution is 1.21. The number of anilines is 1. The predicted molar refractivity (Wildman–Crippen MR) is 55.9 cm³/mol. The maximum absolute atomic E-state index is 4.34. The van der Waals surface area contributed by atoms with E-state index in [0.717, 1.165) is 17.7 Å². The summed E-state index contributed by atoms with van der Waals surface area (Å²) >= 11 is 0. The zero-order valence-electron chi connectivity index (χ0n) is 7.62. The summed E-state index contributed by atoms with van der Waals surface area (Å²) in [5, 5.41) is 4.47. The average Bonchev–Trinajstić information content (AvgIpc) is 2.19. The first-order chi connectivity index (χ1) is 6.42. The molecule has 0 unspecified atom stereocenters. The number of aromatic nitrogens is 1.